The van der Waals surface area contributed by atoms with Gasteiger partial charge in [0.25, 0.3) is 0 Å². The molecule has 0 aliphatic rings. The fraction of sp³-hybridized carbons (Fsp3) is 0.778. The van der Waals surface area contributed by atoms with Gasteiger partial charge in [0.1, 0.15) is 6.04 Å². The number of hydrogen-bond donors (Lipinski definition) is 3. The van der Waals surface area contributed by atoms with E-state index in [1.54, 1.807) is 0 Å². The minimum absolute atomic E-state index is 0.144. The molecule has 1 amide bonds. The lowest BCUT2D eigenvalue weighted by Gasteiger charge is -2.20. The van der Waals surface area contributed by atoms with Crippen LogP contribution < -0.4 is 11.1 Å². The van der Waals surface area contributed by atoms with Crippen LogP contribution in [0.4, 0.5) is 0 Å². The Bertz CT molecular complexity index is 221. The van der Waals surface area contributed by atoms with Crippen LogP contribution in [0.1, 0.15) is 33.6 Å². The molecular weight excluding hydrogens is 184 g/mol. The lowest BCUT2D eigenvalue weighted by atomic mass is 10.1. The smallest absolute Gasteiger partial charge is 0.320 e. The number of carbonyl (C=O) groups is 2. The molecule has 0 radical (unpaired) electrons. The summed E-state index contributed by atoms with van der Waals surface area (Å²) in [4.78, 5) is 21.6. The lowest BCUT2D eigenvalue weighted by molar-refractivity contribution is -0.138. The van der Waals surface area contributed by atoms with E-state index in [1.165, 1.54) is 0 Å². The molecule has 0 aliphatic carbocycles. The maximum atomic E-state index is 11.2. The summed E-state index contributed by atoms with van der Waals surface area (Å²) in [5, 5.41) is 11.2. The molecule has 0 rings (SSSR count). The van der Waals surface area contributed by atoms with Crippen molar-refractivity contribution < 1.29 is 14.7 Å². The Hall–Kier alpha value is -1.10. The Morgan fingerprint density at radius 2 is 1.93 bits per heavy atom. The van der Waals surface area contributed by atoms with Crippen molar-refractivity contribution in [2.45, 2.75) is 45.2 Å². The average Bonchev–Trinajstić information content (AvgIpc) is 1.96. The highest BCUT2D eigenvalue weighted by Crippen LogP contribution is 2.01. The predicted molar refractivity (Wildman–Crippen MR) is 52.7 cm³/mol. The van der Waals surface area contributed by atoms with Crippen molar-refractivity contribution in [2.24, 2.45) is 5.73 Å². The van der Waals surface area contributed by atoms with Crippen LogP contribution in [-0.4, -0.2) is 28.6 Å². The van der Waals surface area contributed by atoms with Gasteiger partial charge in [0.2, 0.25) is 5.91 Å². The number of carboxylic acids is 1. The van der Waals surface area contributed by atoms with Gasteiger partial charge in [-0.3, -0.25) is 9.59 Å². The summed E-state index contributed by atoms with van der Waals surface area (Å²) in [7, 11) is 0. The largest absolute Gasteiger partial charge is 0.480 e. The molecule has 0 unspecified atom stereocenters. The predicted octanol–water partition coefficient (Wildman–Crippen LogP) is 0.0932. The Morgan fingerprint density at radius 3 is 2.29 bits per heavy atom. The van der Waals surface area contributed by atoms with Crippen molar-refractivity contribution in [1.29, 1.82) is 0 Å². The van der Waals surface area contributed by atoms with Crippen LogP contribution in [0.5, 0.6) is 0 Å². The molecule has 0 saturated carbocycles. The molecule has 5 heteroatoms. The van der Waals surface area contributed by atoms with Gasteiger partial charge < -0.3 is 16.2 Å². The first-order valence-electron chi connectivity index (χ1n) is 4.52. The first-order chi connectivity index (χ1) is 6.22. The molecule has 5 nitrogen and oxygen atoms in total. The van der Waals surface area contributed by atoms with E-state index in [0.717, 1.165) is 0 Å². The maximum absolute atomic E-state index is 11.2. The van der Waals surface area contributed by atoms with Gasteiger partial charge in [-0.15, -0.1) is 0 Å². The molecule has 14 heavy (non-hydrogen) atoms. The summed E-state index contributed by atoms with van der Waals surface area (Å²) in [5.74, 6) is -1.25. The molecule has 1 atom stereocenters. The first kappa shape index (κ1) is 12.9. The standard InChI is InChI=1S/C9H18N2O3/c1-9(2,3)11-7(12)5-4-6(10)8(13)14/h6H,4-5,10H2,1-3H3,(H,11,12)(H,13,14)/t6-/m0/s1. The highest BCUT2D eigenvalue weighted by Gasteiger charge is 2.16. The van der Waals surface area contributed by atoms with Crippen LogP contribution in [0.3, 0.4) is 0 Å². The van der Waals surface area contributed by atoms with Crippen LogP contribution in [0.15, 0.2) is 0 Å². The number of carbonyl (C=O) groups excluding carboxylic acids is 1. The van der Waals surface area contributed by atoms with Crippen molar-refractivity contribution in [3.05, 3.63) is 0 Å². The Labute approximate surface area is 83.7 Å². The van der Waals surface area contributed by atoms with E-state index in [1.807, 2.05) is 20.8 Å². The van der Waals surface area contributed by atoms with Crippen molar-refractivity contribution >= 4 is 11.9 Å². The minimum atomic E-state index is -1.08. The zero-order valence-electron chi connectivity index (χ0n) is 8.83. The molecule has 0 aromatic rings. The van der Waals surface area contributed by atoms with Gasteiger partial charge in [-0.25, -0.2) is 0 Å². The van der Waals surface area contributed by atoms with Gasteiger partial charge in [-0.2, -0.15) is 0 Å². The third kappa shape index (κ3) is 6.42. The zero-order chi connectivity index (χ0) is 11.4. The molecule has 0 bridgehead atoms. The number of nitrogens with two attached hydrogens (primary N) is 1. The van der Waals surface area contributed by atoms with Crippen molar-refractivity contribution in [1.82, 2.24) is 5.32 Å². The normalized spacial score (nSPS) is 13.4. The third-order valence-corrected chi connectivity index (χ3v) is 1.51. The van der Waals surface area contributed by atoms with Crippen molar-refractivity contribution in [2.75, 3.05) is 0 Å². The number of aliphatic carboxylic acids is 1. The average molecular weight is 202 g/mol. The Kier molecular flexibility index (Phi) is 4.56. The highest BCUT2D eigenvalue weighted by molar-refractivity contribution is 5.78. The minimum Gasteiger partial charge on any atom is -0.480 e. The van der Waals surface area contributed by atoms with E-state index >= 15 is 0 Å². The summed E-state index contributed by atoms with van der Waals surface area (Å²) in [6, 6.07) is -0.958. The second kappa shape index (κ2) is 4.95. The molecule has 82 valence electrons. The van der Waals surface area contributed by atoms with Crippen LogP contribution in [-0.2, 0) is 9.59 Å². The van der Waals surface area contributed by atoms with Gasteiger partial charge in [0.15, 0.2) is 0 Å². The summed E-state index contributed by atoms with van der Waals surface area (Å²) in [6.45, 7) is 5.59. The SMILES string of the molecule is CC(C)(C)NC(=O)CC[C@H](N)C(=O)O. The van der Waals surface area contributed by atoms with E-state index in [4.69, 9.17) is 10.8 Å². The summed E-state index contributed by atoms with van der Waals surface area (Å²) in [5.41, 5.74) is 4.96. The van der Waals surface area contributed by atoms with Gasteiger partial charge >= 0.3 is 5.97 Å². The van der Waals surface area contributed by atoms with E-state index in [2.05, 4.69) is 5.32 Å². The highest BCUT2D eigenvalue weighted by atomic mass is 16.4. The molecule has 4 N–H and O–H groups in total. The van der Waals surface area contributed by atoms with Gasteiger partial charge in [-0.05, 0) is 27.2 Å². The van der Waals surface area contributed by atoms with Crippen LogP contribution in [0.2, 0.25) is 0 Å². The van der Waals surface area contributed by atoms with Crippen LogP contribution in [0.25, 0.3) is 0 Å². The topological polar surface area (TPSA) is 92.4 Å². The lowest BCUT2D eigenvalue weighted by Crippen LogP contribution is -2.41. The fourth-order valence-electron chi connectivity index (χ4n) is 0.891. The molecule has 0 fully saturated rings. The van der Waals surface area contributed by atoms with E-state index in [-0.39, 0.29) is 24.3 Å². The number of nitrogens with one attached hydrogen (secondary N) is 1. The molecule has 0 heterocycles. The maximum Gasteiger partial charge on any atom is 0.320 e. The molecule has 0 aromatic heterocycles. The third-order valence-electron chi connectivity index (χ3n) is 1.51. The molecule has 0 aromatic carbocycles. The number of carboxylic acid groups (broad SMARTS) is 1. The first-order valence-corrected chi connectivity index (χ1v) is 4.52. The summed E-state index contributed by atoms with van der Waals surface area (Å²) >= 11 is 0. The van der Waals surface area contributed by atoms with Crippen molar-refractivity contribution in [3.63, 3.8) is 0 Å². The molecule has 0 spiro atoms. The number of amides is 1. The van der Waals surface area contributed by atoms with E-state index in [0.29, 0.717) is 0 Å². The Balaban J connectivity index is 3.81. The summed E-state index contributed by atoms with van der Waals surface area (Å²) < 4.78 is 0. The fourth-order valence-corrected chi connectivity index (χ4v) is 0.891. The van der Waals surface area contributed by atoms with E-state index in [9.17, 15) is 9.59 Å². The van der Waals surface area contributed by atoms with Gasteiger partial charge in [0, 0.05) is 12.0 Å². The number of rotatable bonds is 4. The van der Waals surface area contributed by atoms with Crippen LogP contribution in [0, 0.1) is 0 Å². The van der Waals surface area contributed by atoms with Crippen molar-refractivity contribution in [3.8, 4) is 0 Å². The summed E-state index contributed by atoms with van der Waals surface area (Å²) in [6.07, 6.45) is 0.308. The van der Waals surface area contributed by atoms with Gasteiger partial charge in [0.05, 0.1) is 0 Å². The van der Waals surface area contributed by atoms with E-state index < -0.39 is 12.0 Å². The van der Waals surface area contributed by atoms with Crippen LogP contribution >= 0.6 is 0 Å². The monoisotopic (exact) mass is 202 g/mol. The number of hydrogen-bond acceptors (Lipinski definition) is 3. The quantitative estimate of drug-likeness (QED) is 0.602. The molecule has 0 aliphatic heterocycles. The second-order valence-electron chi connectivity index (χ2n) is 4.28. The Morgan fingerprint density at radius 1 is 1.43 bits per heavy atom. The zero-order valence-corrected chi connectivity index (χ0v) is 8.83. The second-order valence-corrected chi connectivity index (χ2v) is 4.28. The van der Waals surface area contributed by atoms with Gasteiger partial charge in [-0.1, -0.05) is 0 Å². The molecule has 0 saturated heterocycles. The molecular formula is C9H18N2O3.